The van der Waals surface area contributed by atoms with Crippen LogP contribution in [0.15, 0.2) is 24.3 Å². The lowest BCUT2D eigenvalue weighted by Crippen LogP contribution is -2.36. The molecule has 1 atom stereocenters. The van der Waals surface area contributed by atoms with Crippen LogP contribution in [0.4, 0.5) is 4.39 Å². The van der Waals surface area contributed by atoms with Crippen molar-refractivity contribution in [2.75, 3.05) is 26.7 Å². The number of carbonyl (C=O) groups excluding carboxylic acids is 1. The van der Waals surface area contributed by atoms with Crippen molar-refractivity contribution in [1.82, 2.24) is 4.90 Å². The molecule has 2 rings (SSSR count). The molecule has 1 aromatic rings. The molecule has 1 aliphatic rings. The zero-order chi connectivity index (χ0) is 13.7. The molecule has 3 nitrogen and oxygen atoms in total. The van der Waals surface area contributed by atoms with Gasteiger partial charge in [0.1, 0.15) is 5.82 Å². The van der Waals surface area contributed by atoms with E-state index < -0.39 is 5.92 Å². The number of nitrogens with zero attached hydrogens (tertiary/aromatic N) is 1. The van der Waals surface area contributed by atoms with Gasteiger partial charge in [-0.15, -0.1) is 0 Å². The Morgan fingerprint density at radius 2 is 2.11 bits per heavy atom. The predicted octanol–water partition coefficient (Wildman–Crippen LogP) is 2.57. The van der Waals surface area contributed by atoms with Gasteiger partial charge in [0.25, 0.3) is 0 Å². The number of esters is 1. The average Bonchev–Trinajstić information content (AvgIpc) is 2.45. The first kappa shape index (κ1) is 14.0. The third-order valence-corrected chi connectivity index (χ3v) is 3.63. The zero-order valence-electron chi connectivity index (χ0n) is 11.3. The minimum atomic E-state index is -0.404. The maximum absolute atomic E-state index is 13.3. The van der Waals surface area contributed by atoms with Crippen molar-refractivity contribution in [2.24, 2.45) is 0 Å². The Balaban J connectivity index is 2.13. The molecule has 0 radical (unpaired) electrons. The highest BCUT2D eigenvalue weighted by Crippen LogP contribution is 2.21. The van der Waals surface area contributed by atoms with Gasteiger partial charge in [-0.3, -0.25) is 4.79 Å². The van der Waals surface area contributed by atoms with Crippen molar-refractivity contribution in [3.05, 3.63) is 35.6 Å². The van der Waals surface area contributed by atoms with Crippen LogP contribution in [0.2, 0.25) is 0 Å². The quantitative estimate of drug-likeness (QED) is 0.784. The van der Waals surface area contributed by atoms with Gasteiger partial charge in [-0.2, -0.15) is 0 Å². The maximum Gasteiger partial charge on any atom is 0.314 e. The van der Waals surface area contributed by atoms with E-state index in [-0.39, 0.29) is 11.8 Å². The lowest BCUT2D eigenvalue weighted by Gasteiger charge is -2.29. The van der Waals surface area contributed by atoms with Crippen LogP contribution in [0, 0.1) is 5.82 Å². The fourth-order valence-corrected chi connectivity index (χ4v) is 2.58. The smallest absolute Gasteiger partial charge is 0.314 e. The Kier molecular flexibility index (Phi) is 4.91. The number of hydrogen-bond donors (Lipinski definition) is 0. The van der Waals surface area contributed by atoms with Crippen LogP contribution in [0.5, 0.6) is 0 Å². The first-order chi connectivity index (χ1) is 9.20. The number of halogens is 1. The molecular formula is C15H20FNO2. The van der Waals surface area contributed by atoms with Gasteiger partial charge in [0, 0.05) is 6.54 Å². The lowest BCUT2D eigenvalue weighted by molar-refractivity contribution is -0.143. The predicted molar refractivity (Wildman–Crippen MR) is 71.4 cm³/mol. The second kappa shape index (κ2) is 6.66. The minimum Gasteiger partial charge on any atom is -0.469 e. The van der Waals surface area contributed by atoms with Gasteiger partial charge in [0.15, 0.2) is 0 Å². The van der Waals surface area contributed by atoms with Gasteiger partial charge in [-0.1, -0.05) is 18.6 Å². The highest BCUT2D eigenvalue weighted by atomic mass is 19.1. The summed E-state index contributed by atoms with van der Waals surface area (Å²) in [5, 5.41) is 0. The van der Waals surface area contributed by atoms with E-state index in [1.807, 2.05) is 0 Å². The summed E-state index contributed by atoms with van der Waals surface area (Å²) < 4.78 is 18.2. The van der Waals surface area contributed by atoms with Crippen molar-refractivity contribution in [2.45, 2.75) is 25.2 Å². The number of piperidine rings is 1. The van der Waals surface area contributed by atoms with Gasteiger partial charge < -0.3 is 9.64 Å². The number of methoxy groups -OCH3 is 1. The molecule has 0 amide bonds. The maximum atomic E-state index is 13.3. The van der Waals surface area contributed by atoms with Crippen LogP contribution in [-0.4, -0.2) is 37.6 Å². The monoisotopic (exact) mass is 265 g/mol. The summed E-state index contributed by atoms with van der Waals surface area (Å²) in [5.74, 6) is -1.01. The molecule has 19 heavy (non-hydrogen) atoms. The van der Waals surface area contributed by atoms with E-state index in [2.05, 4.69) is 4.90 Å². The summed E-state index contributed by atoms with van der Waals surface area (Å²) in [6.45, 7) is 2.61. The molecule has 0 aliphatic carbocycles. The summed E-state index contributed by atoms with van der Waals surface area (Å²) in [7, 11) is 1.38. The highest BCUT2D eigenvalue weighted by Gasteiger charge is 2.25. The molecule has 1 unspecified atom stereocenters. The topological polar surface area (TPSA) is 29.5 Å². The highest BCUT2D eigenvalue weighted by molar-refractivity contribution is 5.78. The lowest BCUT2D eigenvalue weighted by atomic mass is 9.97. The number of carbonyl (C=O) groups is 1. The van der Waals surface area contributed by atoms with Crippen molar-refractivity contribution < 1.29 is 13.9 Å². The van der Waals surface area contributed by atoms with E-state index in [0.717, 1.165) is 25.9 Å². The van der Waals surface area contributed by atoms with Crippen LogP contribution in [0.3, 0.4) is 0 Å². The SMILES string of the molecule is COC(=O)C(CN1CCCCC1)c1cccc(F)c1. The van der Waals surface area contributed by atoms with Crippen molar-refractivity contribution in [1.29, 1.82) is 0 Å². The van der Waals surface area contributed by atoms with Gasteiger partial charge >= 0.3 is 5.97 Å². The fraction of sp³-hybridized carbons (Fsp3) is 0.533. The molecule has 1 fully saturated rings. The van der Waals surface area contributed by atoms with E-state index in [1.54, 1.807) is 12.1 Å². The van der Waals surface area contributed by atoms with Crippen LogP contribution in [0.25, 0.3) is 0 Å². The Morgan fingerprint density at radius 3 is 2.74 bits per heavy atom. The molecule has 1 saturated heterocycles. The number of hydrogen-bond acceptors (Lipinski definition) is 3. The molecule has 0 saturated carbocycles. The van der Waals surface area contributed by atoms with Crippen LogP contribution >= 0.6 is 0 Å². The molecule has 1 aromatic carbocycles. The molecule has 104 valence electrons. The Morgan fingerprint density at radius 1 is 1.37 bits per heavy atom. The Labute approximate surface area is 113 Å². The number of benzene rings is 1. The van der Waals surface area contributed by atoms with E-state index >= 15 is 0 Å². The molecule has 0 aromatic heterocycles. The molecule has 0 spiro atoms. The van der Waals surface area contributed by atoms with Crippen molar-refractivity contribution in [3.63, 3.8) is 0 Å². The summed E-state index contributed by atoms with van der Waals surface area (Å²) in [6, 6.07) is 6.23. The third kappa shape index (κ3) is 3.77. The zero-order valence-corrected chi connectivity index (χ0v) is 11.3. The number of ether oxygens (including phenoxy) is 1. The number of likely N-dealkylation sites (tertiary alicyclic amines) is 1. The van der Waals surface area contributed by atoms with E-state index in [0.29, 0.717) is 12.1 Å². The largest absolute Gasteiger partial charge is 0.469 e. The molecule has 0 N–H and O–H groups in total. The van der Waals surface area contributed by atoms with Crippen molar-refractivity contribution in [3.8, 4) is 0 Å². The normalized spacial score (nSPS) is 18.0. The Bertz CT molecular complexity index is 430. The fourth-order valence-electron chi connectivity index (χ4n) is 2.58. The molecular weight excluding hydrogens is 245 g/mol. The summed E-state index contributed by atoms with van der Waals surface area (Å²) in [5.41, 5.74) is 0.692. The van der Waals surface area contributed by atoms with Crippen LogP contribution < -0.4 is 0 Å². The van der Waals surface area contributed by atoms with Gasteiger partial charge in [-0.25, -0.2) is 4.39 Å². The second-order valence-corrected chi connectivity index (χ2v) is 4.99. The van der Waals surface area contributed by atoms with Crippen LogP contribution in [0.1, 0.15) is 30.7 Å². The van der Waals surface area contributed by atoms with E-state index in [1.165, 1.54) is 25.7 Å². The summed E-state index contributed by atoms with van der Waals surface area (Å²) in [4.78, 5) is 14.2. The molecule has 1 heterocycles. The molecule has 4 heteroatoms. The third-order valence-electron chi connectivity index (χ3n) is 3.63. The van der Waals surface area contributed by atoms with E-state index in [9.17, 15) is 9.18 Å². The standard InChI is InChI=1S/C15H20FNO2/c1-19-15(18)14(11-17-8-3-2-4-9-17)12-6-5-7-13(16)10-12/h5-7,10,14H,2-4,8-9,11H2,1H3. The Hall–Kier alpha value is -1.42. The first-order valence-corrected chi connectivity index (χ1v) is 6.76. The average molecular weight is 265 g/mol. The summed E-state index contributed by atoms with van der Waals surface area (Å²) >= 11 is 0. The molecule has 0 bridgehead atoms. The number of rotatable bonds is 4. The van der Waals surface area contributed by atoms with E-state index in [4.69, 9.17) is 4.74 Å². The summed E-state index contributed by atoms with van der Waals surface area (Å²) in [6.07, 6.45) is 3.58. The minimum absolute atomic E-state index is 0.295. The molecule has 1 aliphatic heterocycles. The van der Waals surface area contributed by atoms with Crippen LogP contribution in [-0.2, 0) is 9.53 Å². The second-order valence-electron chi connectivity index (χ2n) is 4.99. The van der Waals surface area contributed by atoms with Gasteiger partial charge in [0.05, 0.1) is 13.0 Å². The first-order valence-electron chi connectivity index (χ1n) is 6.76. The van der Waals surface area contributed by atoms with Gasteiger partial charge in [-0.05, 0) is 43.6 Å². The van der Waals surface area contributed by atoms with Crippen molar-refractivity contribution >= 4 is 5.97 Å². The van der Waals surface area contributed by atoms with Gasteiger partial charge in [0.2, 0.25) is 0 Å².